The molecule has 90 valence electrons. The maximum absolute atomic E-state index is 12.0. The first-order chi connectivity index (χ1) is 7.42. The van der Waals surface area contributed by atoms with Gasteiger partial charge in [-0.25, -0.2) is 4.79 Å². The zero-order valence-electron chi connectivity index (χ0n) is 10.1. The van der Waals surface area contributed by atoms with Crippen LogP contribution in [0.15, 0.2) is 0 Å². The molecule has 2 bridgehead atoms. The maximum Gasteiger partial charge on any atom is 0.411 e. The summed E-state index contributed by atoms with van der Waals surface area (Å²) in [6, 6.07) is -0.0383. The van der Waals surface area contributed by atoms with E-state index in [4.69, 9.17) is 4.74 Å². The summed E-state index contributed by atoms with van der Waals surface area (Å²) in [7, 11) is 0. The number of rotatable bonds is 1. The maximum atomic E-state index is 12.0. The van der Waals surface area contributed by atoms with E-state index in [1.54, 1.807) is 4.90 Å². The number of amides is 1. The van der Waals surface area contributed by atoms with Gasteiger partial charge >= 0.3 is 6.09 Å². The Morgan fingerprint density at radius 3 is 2.62 bits per heavy atom. The molecule has 1 saturated heterocycles. The minimum absolute atomic E-state index is 0.218. The molecule has 2 fully saturated rings. The quantitative estimate of drug-likeness (QED) is 0.641. The van der Waals surface area contributed by atoms with Gasteiger partial charge in [-0.05, 0) is 46.0 Å². The first-order valence-electron chi connectivity index (χ1n) is 5.89. The Morgan fingerprint density at radius 1 is 1.38 bits per heavy atom. The van der Waals surface area contributed by atoms with Crippen molar-refractivity contribution in [1.82, 2.24) is 4.90 Å². The van der Waals surface area contributed by atoms with Crippen molar-refractivity contribution in [2.24, 2.45) is 5.92 Å². The topological polar surface area (TPSA) is 46.6 Å². The van der Waals surface area contributed by atoms with Gasteiger partial charge in [0.1, 0.15) is 11.9 Å². The van der Waals surface area contributed by atoms with Crippen LogP contribution in [0.4, 0.5) is 4.79 Å². The lowest BCUT2D eigenvalue weighted by molar-refractivity contribution is -0.113. The van der Waals surface area contributed by atoms with Crippen molar-refractivity contribution >= 4 is 12.4 Å². The van der Waals surface area contributed by atoms with Crippen LogP contribution in [-0.4, -0.2) is 35.0 Å². The molecule has 1 amide bonds. The highest BCUT2D eigenvalue weighted by Crippen LogP contribution is 2.42. The summed E-state index contributed by atoms with van der Waals surface area (Å²) in [6.07, 6.45) is 3.59. The smallest absolute Gasteiger partial charge is 0.411 e. The van der Waals surface area contributed by atoms with Gasteiger partial charge < -0.3 is 9.53 Å². The third kappa shape index (κ3) is 1.93. The fourth-order valence-electron chi connectivity index (χ4n) is 2.79. The molecule has 1 aliphatic heterocycles. The Balaban J connectivity index is 2.08. The van der Waals surface area contributed by atoms with E-state index in [-0.39, 0.29) is 18.2 Å². The van der Waals surface area contributed by atoms with Gasteiger partial charge in [0.25, 0.3) is 0 Å². The average Bonchev–Trinajstić information content (AvgIpc) is 2.72. The zero-order chi connectivity index (χ0) is 11.9. The van der Waals surface area contributed by atoms with E-state index < -0.39 is 5.60 Å². The van der Waals surface area contributed by atoms with Gasteiger partial charge in [0.15, 0.2) is 0 Å². The number of carbonyl (C=O) groups excluding carboxylic acids is 2. The van der Waals surface area contributed by atoms with Crippen LogP contribution in [0.25, 0.3) is 0 Å². The third-order valence-electron chi connectivity index (χ3n) is 3.39. The first kappa shape index (κ1) is 11.4. The summed E-state index contributed by atoms with van der Waals surface area (Å²) in [6.45, 7) is 5.53. The van der Waals surface area contributed by atoms with Crippen molar-refractivity contribution in [3.8, 4) is 0 Å². The van der Waals surface area contributed by atoms with Crippen molar-refractivity contribution in [2.75, 3.05) is 0 Å². The highest BCUT2D eigenvalue weighted by Gasteiger charge is 2.49. The van der Waals surface area contributed by atoms with Gasteiger partial charge in [0, 0.05) is 6.04 Å². The molecule has 1 saturated carbocycles. The van der Waals surface area contributed by atoms with Gasteiger partial charge in [-0.3, -0.25) is 4.90 Å². The molecule has 16 heavy (non-hydrogen) atoms. The van der Waals surface area contributed by atoms with Gasteiger partial charge in [-0.2, -0.15) is 0 Å². The number of likely N-dealkylation sites (tertiary alicyclic amines) is 1. The molecular formula is C12H19NO3. The number of fused-ring (bicyclic) bond motifs is 2. The molecule has 0 aromatic heterocycles. The standard InChI is InChI=1S/C12H19NO3/c1-12(2,3)16-11(15)13-9-5-4-8(6-9)10(13)7-14/h7-10H,4-6H2,1-3H3/t8?,9-,10?/m1/s1. The lowest BCUT2D eigenvalue weighted by atomic mass is 10.0. The number of hydrogen-bond donors (Lipinski definition) is 0. The molecule has 0 radical (unpaired) electrons. The van der Waals surface area contributed by atoms with Crippen LogP contribution in [-0.2, 0) is 9.53 Å². The van der Waals surface area contributed by atoms with Crippen LogP contribution >= 0.6 is 0 Å². The predicted octanol–water partition coefficient (Wildman–Crippen LogP) is 1.97. The van der Waals surface area contributed by atoms with Crippen molar-refractivity contribution in [3.05, 3.63) is 0 Å². The largest absolute Gasteiger partial charge is 0.444 e. The molecular weight excluding hydrogens is 206 g/mol. The van der Waals surface area contributed by atoms with Gasteiger partial charge in [0.2, 0.25) is 0 Å². The minimum atomic E-state index is -0.494. The van der Waals surface area contributed by atoms with E-state index in [2.05, 4.69) is 0 Å². The fourth-order valence-corrected chi connectivity index (χ4v) is 2.79. The Labute approximate surface area is 95.9 Å². The van der Waals surface area contributed by atoms with E-state index in [1.165, 1.54) is 0 Å². The Hall–Kier alpha value is -1.06. The third-order valence-corrected chi connectivity index (χ3v) is 3.39. The second-order valence-electron chi connectivity index (χ2n) is 5.74. The second-order valence-corrected chi connectivity index (χ2v) is 5.74. The van der Waals surface area contributed by atoms with Crippen LogP contribution in [0.5, 0.6) is 0 Å². The van der Waals surface area contributed by atoms with Crippen LogP contribution in [0, 0.1) is 5.92 Å². The number of carbonyl (C=O) groups is 2. The summed E-state index contributed by atoms with van der Waals surface area (Å²) in [5, 5.41) is 0. The molecule has 2 aliphatic rings. The Bertz CT molecular complexity index is 308. The molecule has 4 heteroatoms. The average molecular weight is 225 g/mol. The number of hydrogen-bond acceptors (Lipinski definition) is 3. The first-order valence-corrected chi connectivity index (χ1v) is 5.89. The molecule has 1 aliphatic carbocycles. The summed E-state index contributed by atoms with van der Waals surface area (Å²) >= 11 is 0. The summed E-state index contributed by atoms with van der Waals surface area (Å²) in [4.78, 5) is 24.6. The molecule has 0 aromatic rings. The van der Waals surface area contributed by atoms with Crippen LogP contribution < -0.4 is 0 Å². The number of aldehydes is 1. The van der Waals surface area contributed by atoms with Crippen LogP contribution in [0.1, 0.15) is 40.0 Å². The Morgan fingerprint density at radius 2 is 2.06 bits per heavy atom. The van der Waals surface area contributed by atoms with E-state index in [0.717, 1.165) is 25.5 Å². The number of piperidine rings is 1. The molecule has 0 spiro atoms. The van der Waals surface area contributed by atoms with Gasteiger partial charge in [-0.1, -0.05) is 0 Å². The Kier molecular flexibility index (Phi) is 2.68. The summed E-state index contributed by atoms with van der Waals surface area (Å²) < 4.78 is 5.33. The summed E-state index contributed by atoms with van der Waals surface area (Å²) in [5.74, 6) is 0.356. The van der Waals surface area contributed by atoms with Crippen molar-refractivity contribution in [3.63, 3.8) is 0 Å². The van der Waals surface area contributed by atoms with E-state index in [0.29, 0.717) is 5.92 Å². The molecule has 2 unspecified atom stereocenters. The van der Waals surface area contributed by atoms with Crippen LogP contribution in [0.2, 0.25) is 0 Å². The highest BCUT2D eigenvalue weighted by atomic mass is 16.6. The molecule has 0 aromatic carbocycles. The number of ether oxygens (including phenoxy) is 1. The van der Waals surface area contributed by atoms with Gasteiger partial charge in [-0.15, -0.1) is 0 Å². The van der Waals surface area contributed by atoms with Crippen molar-refractivity contribution < 1.29 is 14.3 Å². The lowest BCUT2D eigenvalue weighted by Crippen LogP contribution is -2.47. The number of nitrogens with zero attached hydrogens (tertiary/aromatic N) is 1. The van der Waals surface area contributed by atoms with Crippen molar-refractivity contribution in [1.29, 1.82) is 0 Å². The summed E-state index contributed by atoms with van der Waals surface area (Å²) in [5.41, 5.74) is -0.494. The predicted molar refractivity (Wildman–Crippen MR) is 59.1 cm³/mol. The molecule has 4 nitrogen and oxygen atoms in total. The molecule has 3 atom stereocenters. The minimum Gasteiger partial charge on any atom is -0.444 e. The second kappa shape index (κ2) is 3.75. The molecule has 0 N–H and O–H groups in total. The fraction of sp³-hybridized carbons (Fsp3) is 0.833. The SMILES string of the molecule is CC(C)(C)OC(=O)N1C(C=O)C2CC[C@@H]1C2. The lowest BCUT2D eigenvalue weighted by Gasteiger charge is -2.33. The van der Waals surface area contributed by atoms with E-state index >= 15 is 0 Å². The normalized spacial score (nSPS) is 32.9. The monoisotopic (exact) mass is 225 g/mol. The highest BCUT2D eigenvalue weighted by molar-refractivity contribution is 5.75. The molecule has 1 heterocycles. The van der Waals surface area contributed by atoms with E-state index in [1.807, 2.05) is 20.8 Å². The zero-order valence-corrected chi connectivity index (χ0v) is 10.1. The van der Waals surface area contributed by atoms with Gasteiger partial charge in [0.05, 0.1) is 6.04 Å². The van der Waals surface area contributed by atoms with E-state index in [9.17, 15) is 9.59 Å². The van der Waals surface area contributed by atoms with Crippen molar-refractivity contribution in [2.45, 2.75) is 57.7 Å². The molecule has 2 rings (SSSR count). The van der Waals surface area contributed by atoms with Crippen LogP contribution in [0.3, 0.4) is 0 Å².